The average molecular weight is 272 g/mol. The topological polar surface area (TPSA) is 43.4 Å². The molecule has 0 aromatic heterocycles. The minimum absolute atomic E-state index is 0.370. The molecule has 1 rings (SSSR count). The second kappa shape index (κ2) is 5.01. The number of hydrogen-bond donors (Lipinski definition) is 0. The van der Waals surface area contributed by atoms with Crippen molar-refractivity contribution in [2.75, 3.05) is 6.61 Å². The molecule has 0 aliphatic carbocycles. The summed E-state index contributed by atoms with van der Waals surface area (Å²) in [5, 5.41) is 0. The largest absolute Gasteiger partial charge is 0.331 e. The predicted octanol–water partition coefficient (Wildman–Crippen LogP) is 2.29. The Hall–Kier alpha value is -1.15. The Kier molecular flexibility index (Phi) is 4.10. The lowest BCUT2D eigenvalue weighted by Gasteiger charge is -2.14. The van der Waals surface area contributed by atoms with E-state index in [2.05, 4.69) is 4.18 Å². The summed E-state index contributed by atoms with van der Waals surface area (Å²) < 4.78 is 74.9. The van der Waals surface area contributed by atoms with Gasteiger partial charge in [-0.1, -0.05) is 18.2 Å². The number of hydrogen-bond acceptors (Lipinski definition) is 3. The zero-order chi connectivity index (χ0) is 13.1. The van der Waals surface area contributed by atoms with Gasteiger partial charge in [0, 0.05) is 0 Å². The summed E-state index contributed by atoms with van der Waals surface area (Å²) in [6.07, 6.45) is -3.98. The van der Waals surface area contributed by atoms with Crippen LogP contribution in [0.1, 0.15) is 0 Å². The molecule has 0 atom stereocenters. The molecule has 0 aliphatic rings. The van der Waals surface area contributed by atoms with E-state index in [0.717, 1.165) is 12.1 Å². The summed E-state index contributed by atoms with van der Waals surface area (Å²) >= 11 is 0. The molecule has 0 aliphatic heterocycles. The molecule has 0 radical (unpaired) electrons. The van der Waals surface area contributed by atoms with Crippen LogP contribution in [0.2, 0.25) is 0 Å². The van der Waals surface area contributed by atoms with Gasteiger partial charge in [-0.3, -0.25) is 4.18 Å². The van der Waals surface area contributed by atoms with Crippen LogP contribution in [0.15, 0.2) is 35.2 Å². The van der Waals surface area contributed by atoms with Crippen molar-refractivity contribution in [3.05, 3.63) is 30.3 Å². The first-order valence-electron chi connectivity index (χ1n) is 4.36. The van der Waals surface area contributed by atoms with Gasteiger partial charge in [0.2, 0.25) is 0 Å². The van der Waals surface area contributed by atoms with Crippen LogP contribution >= 0.6 is 0 Å². The number of rotatable bonds is 5. The highest BCUT2D eigenvalue weighted by Crippen LogP contribution is 2.24. The van der Waals surface area contributed by atoms with Crippen molar-refractivity contribution >= 4 is 10.1 Å². The maximum Gasteiger partial charge on any atom is 0.331 e. The third kappa shape index (κ3) is 3.67. The molecule has 1 aromatic carbocycles. The lowest BCUT2D eigenvalue weighted by molar-refractivity contribution is -0.147. The van der Waals surface area contributed by atoms with Gasteiger partial charge in [-0.15, -0.1) is 0 Å². The Labute approximate surface area is 95.1 Å². The van der Waals surface area contributed by atoms with E-state index in [9.17, 15) is 26.0 Å². The molecule has 8 heteroatoms. The number of benzene rings is 1. The minimum atomic E-state index is -4.50. The molecule has 0 saturated heterocycles. The van der Waals surface area contributed by atoms with Gasteiger partial charge in [-0.05, 0) is 12.1 Å². The summed E-state index contributed by atoms with van der Waals surface area (Å²) in [5.41, 5.74) is 0. The van der Waals surface area contributed by atoms with Crippen LogP contribution < -0.4 is 0 Å². The van der Waals surface area contributed by atoms with Crippen LogP contribution in [0.4, 0.5) is 17.6 Å². The molecule has 0 heterocycles. The lowest BCUT2D eigenvalue weighted by Crippen LogP contribution is -2.33. The van der Waals surface area contributed by atoms with Gasteiger partial charge in [-0.25, -0.2) is 8.78 Å². The van der Waals surface area contributed by atoms with Crippen LogP contribution in [-0.4, -0.2) is 27.4 Å². The maximum absolute atomic E-state index is 12.5. The third-order valence-corrected chi connectivity index (χ3v) is 3.04. The lowest BCUT2D eigenvalue weighted by atomic mass is 10.4. The Morgan fingerprint density at radius 2 is 1.71 bits per heavy atom. The van der Waals surface area contributed by atoms with Crippen molar-refractivity contribution in [3.8, 4) is 0 Å². The summed E-state index contributed by atoms with van der Waals surface area (Å²) in [4.78, 5) is -0.370. The zero-order valence-electron chi connectivity index (χ0n) is 8.32. The second-order valence-corrected chi connectivity index (χ2v) is 4.71. The van der Waals surface area contributed by atoms with Crippen molar-refractivity contribution in [2.24, 2.45) is 0 Å². The van der Waals surface area contributed by atoms with Gasteiger partial charge in [0.15, 0.2) is 0 Å². The highest BCUT2D eigenvalue weighted by atomic mass is 32.2. The van der Waals surface area contributed by atoms with E-state index in [0.29, 0.717) is 0 Å². The van der Waals surface area contributed by atoms with Gasteiger partial charge in [0.1, 0.15) is 6.61 Å². The van der Waals surface area contributed by atoms with Crippen LogP contribution in [0, 0.1) is 0 Å². The van der Waals surface area contributed by atoms with E-state index < -0.39 is 29.1 Å². The SMILES string of the molecule is O=S(=O)(OCC(F)(F)C(F)F)c1ccccc1. The molecular formula is C9H8F4O3S. The smallest absolute Gasteiger partial charge is 0.260 e. The van der Waals surface area contributed by atoms with E-state index in [4.69, 9.17) is 0 Å². The van der Waals surface area contributed by atoms with Crippen LogP contribution in [0.25, 0.3) is 0 Å². The van der Waals surface area contributed by atoms with Crippen molar-refractivity contribution < 1.29 is 30.2 Å². The van der Waals surface area contributed by atoms with Crippen molar-refractivity contribution in [1.82, 2.24) is 0 Å². The fourth-order valence-electron chi connectivity index (χ4n) is 0.874. The van der Waals surface area contributed by atoms with Gasteiger partial charge in [-0.2, -0.15) is 17.2 Å². The molecule has 0 unspecified atom stereocenters. The standard InChI is InChI=1S/C9H8F4O3S/c10-8(11)9(12,13)6-16-17(14,15)7-4-2-1-3-5-7/h1-5,8H,6H2. The fourth-order valence-corrected chi connectivity index (χ4v) is 1.81. The third-order valence-electron chi connectivity index (χ3n) is 1.76. The number of halogens is 4. The van der Waals surface area contributed by atoms with Gasteiger partial charge < -0.3 is 0 Å². The normalized spacial score (nSPS) is 13.0. The van der Waals surface area contributed by atoms with E-state index in [1.165, 1.54) is 18.2 Å². The molecule has 0 amide bonds. The monoisotopic (exact) mass is 272 g/mol. The van der Waals surface area contributed by atoms with Gasteiger partial charge in [0.05, 0.1) is 4.90 Å². The molecule has 0 fully saturated rings. The molecule has 17 heavy (non-hydrogen) atoms. The second-order valence-electron chi connectivity index (χ2n) is 3.09. The van der Waals surface area contributed by atoms with Crippen LogP contribution in [0.5, 0.6) is 0 Å². The predicted molar refractivity (Wildman–Crippen MR) is 50.5 cm³/mol. The van der Waals surface area contributed by atoms with E-state index in [1.54, 1.807) is 0 Å². The molecule has 3 nitrogen and oxygen atoms in total. The van der Waals surface area contributed by atoms with Crippen molar-refractivity contribution in [2.45, 2.75) is 17.2 Å². The highest BCUT2D eigenvalue weighted by molar-refractivity contribution is 7.86. The average Bonchev–Trinajstić information content (AvgIpc) is 2.28. The van der Waals surface area contributed by atoms with Crippen molar-refractivity contribution in [3.63, 3.8) is 0 Å². The van der Waals surface area contributed by atoms with Gasteiger partial charge in [0.25, 0.3) is 10.1 Å². The first-order chi connectivity index (χ1) is 7.76. The first kappa shape index (κ1) is 13.9. The highest BCUT2D eigenvalue weighted by Gasteiger charge is 2.42. The Morgan fingerprint density at radius 1 is 1.18 bits per heavy atom. The molecule has 0 saturated carbocycles. The molecule has 1 aromatic rings. The molecule has 96 valence electrons. The molecular weight excluding hydrogens is 264 g/mol. The van der Waals surface area contributed by atoms with Crippen molar-refractivity contribution in [1.29, 1.82) is 0 Å². The Balaban J connectivity index is 2.77. The maximum atomic E-state index is 12.5. The minimum Gasteiger partial charge on any atom is -0.260 e. The first-order valence-corrected chi connectivity index (χ1v) is 5.77. The van der Waals surface area contributed by atoms with E-state index in [1.807, 2.05) is 0 Å². The van der Waals surface area contributed by atoms with Crippen LogP contribution in [0.3, 0.4) is 0 Å². The fraction of sp³-hybridized carbons (Fsp3) is 0.333. The van der Waals surface area contributed by atoms with E-state index in [-0.39, 0.29) is 4.90 Å². The molecule has 0 N–H and O–H groups in total. The zero-order valence-corrected chi connectivity index (χ0v) is 9.13. The van der Waals surface area contributed by atoms with Gasteiger partial charge >= 0.3 is 12.3 Å². The number of alkyl halides is 4. The quantitative estimate of drug-likeness (QED) is 0.610. The summed E-state index contributed by atoms with van der Waals surface area (Å²) in [7, 11) is -4.44. The summed E-state index contributed by atoms with van der Waals surface area (Å²) in [5.74, 6) is -4.50. The van der Waals surface area contributed by atoms with E-state index >= 15 is 0 Å². The Bertz CT molecular complexity index is 458. The molecule has 0 spiro atoms. The van der Waals surface area contributed by atoms with Crippen LogP contribution in [-0.2, 0) is 14.3 Å². The summed E-state index contributed by atoms with van der Waals surface area (Å²) in [6.45, 7) is -1.89. The summed E-state index contributed by atoms with van der Waals surface area (Å²) in [6, 6.07) is 6.42. The Morgan fingerprint density at radius 3 is 2.18 bits per heavy atom. The molecule has 0 bridgehead atoms.